The molecule has 1 aromatic rings. The van der Waals surface area contributed by atoms with Crippen molar-refractivity contribution in [2.45, 2.75) is 181 Å². The first-order chi connectivity index (χ1) is 27.0. The molecule has 1 aromatic carbocycles. The summed E-state index contributed by atoms with van der Waals surface area (Å²) in [6.07, 6.45) is 11.2. The first-order valence-electron chi connectivity index (χ1n) is 20.6. The van der Waals surface area contributed by atoms with E-state index < -0.39 is 50.8 Å². The smallest absolute Gasteiger partial charge is 0.465 e. The van der Waals surface area contributed by atoms with Gasteiger partial charge in [0, 0.05) is 5.56 Å². The summed E-state index contributed by atoms with van der Waals surface area (Å²) in [5.41, 5.74) is -3.45. The second-order valence-electron chi connectivity index (χ2n) is 16.1. The van der Waals surface area contributed by atoms with Crippen molar-refractivity contribution in [3.63, 3.8) is 0 Å². The van der Waals surface area contributed by atoms with E-state index >= 15 is 0 Å². The van der Waals surface area contributed by atoms with Gasteiger partial charge in [0.1, 0.15) is 5.60 Å². The van der Waals surface area contributed by atoms with Crippen molar-refractivity contribution in [1.29, 1.82) is 0 Å². The summed E-state index contributed by atoms with van der Waals surface area (Å²) in [5.74, 6) is -2.66. The molecule has 0 aromatic heterocycles. The fraction of sp³-hybridized carbons (Fsp3) is 0.762. The molecule has 16 heteroatoms. The number of esters is 3. The van der Waals surface area contributed by atoms with Gasteiger partial charge in [-0.15, -0.1) is 0 Å². The van der Waals surface area contributed by atoms with E-state index in [1.165, 1.54) is 37.5 Å². The van der Waals surface area contributed by atoms with Crippen LogP contribution in [0.5, 0.6) is 0 Å². The van der Waals surface area contributed by atoms with Crippen LogP contribution in [0.15, 0.2) is 35.5 Å². The van der Waals surface area contributed by atoms with Crippen molar-refractivity contribution < 1.29 is 63.2 Å². The molecule has 0 unspecified atom stereocenters. The van der Waals surface area contributed by atoms with Crippen molar-refractivity contribution in [3.8, 4) is 0 Å². The van der Waals surface area contributed by atoms with Gasteiger partial charge in [-0.05, 0) is 85.5 Å². The minimum atomic E-state index is -6.22. The number of carbonyl (C=O) groups excluding carboxylic acids is 3. The molecule has 0 N–H and O–H groups in total. The van der Waals surface area contributed by atoms with E-state index in [9.17, 15) is 44.8 Å². The number of alkyl halides is 5. The minimum absolute atomic E-state index is 0.0150. The molecule has 0 heterocycles. The number of hydrogen-bond acceptors (Lipinski definition) is 10. The number of ether oxygens (including phenoxy) is 3. The molecule has 1 aliphatic carbocycles. The van der Waals surface area contributed by atoms with E-state index in [1.807, 2.05) is 41.5 Å². The third-order valence-corrected chi connectivity index (χ3v) is 11.8. The van der Waals surface area contributed by atoms with Gasteiger partial charge >= 0.3 is 39.5 Å². The van der Waals surface area contributed by atoms with E-state index in [0.717, 1.165) is 95.6 Å². The molecule has 0 bridgehead atoms. The molecule has 1 saturated carbocycles. The standard InChI is InChI=1S/C28H40F5NO7S.C14H26O2/c1-4-26(2,3)24(35)39-20-16-11-9-7-5-6-8-10-12-17-21-40-25(36)28(32,33)42(37,38)41-34-23(27(29,30)31)22-18-14-13-15-19-22;1-5-13(3,4)12(15)16-14(6-2)10-8-7-9-11-14/h13-15,18-19H,4-12,16-17,20-21H2,1-3H3;5-11H2,1-4H3/b34-23+;. The minimum Gasteiger partial charge on any atom is -0.465 e. The Kier molecular flexibility index (Phi) is 22.5. The molecule has 0 spiro atoms. The first-order valence-corrected chi connectivity index (χ1v) is 22.0. The molecule has 0 saturated heterocycles. The van der Waals surface area contributed by atoms with Gasteiger partial charge in [-0.25, -0.2) is 4.79 Å². The Morgan fingerprint density at radius 3 is 1.52 bits per heavy atom. The molecule has 58 heavy (non-hydrogen) atoms. The number of carbonyl (C=O) groups is 3. The Morgan fingerprint density at radius 1 is 0.655 bits per heavy atom. The van der Waals surface area contributed by atoms with Crippen LogP contribution in [-0.2, 0) is 43.0 Å². The van der Waals surface area contributed by atoms with E-state index in [2.05, 4.69) is 21.1 Å². The predicted molar refractivity (Wildman–Crippen MR) is 212 cm³/mol. The number of rotatable bonds is 24. The van der Waals surface area contributed by atoms with Gasteiger partial charge in [0.15, 0.2) is 5.71 Å². The Labute approximate surface area is 342 Å². The number of hydrogen-bond donors (Lipinski definition) is 0. The van der Waals surface area contributed by atoms with Crippen LogP contribution in [0.2, 0.25) is 0 Å². The molecule has 0 radical (unpaired) electrons. The number of nitrogens with zero attached hydrogens (tertiary/aromatic N) is 1. The van der Waals surface area contributed by atoms with E-state index in [-0.39, 0.29) is 29.4 Å². The third kappa shape index (κ3) is 17.9. The Morgan fingerprint density at radius 2 is 1.09 bits per heavy atom. The maximum atomic E-state index is 14.1. The largest absolute Gasteiger partial charge is 0.478 e. The van der Waals surface area contributed by atoms with Gasteiger partial charge < -0.3 is 14.2 Å². The molecule has 2 rings (SSSR count). The topological polar surface area (TPSA) is 135 Å². The lowest BCUT2D eigenvalue weighted by Crippen LogP contribution is -2.40. The third-order valence-electron chi connectivity index (χ3n) is 10.7. The van der Waals surface area contributed by atoms with Crippen molar-refractivity contribution in [1.82, 2.24) is 0 Å². The highest BCUT2D eigenvalue weighted by Crippen LogP contribution is 2.37. The molecular weight excluding hydrogens is 790 g/mol. The fourth-order valence-corrected chi connectivity index (χ4v) is 6.20. The molecule has 0 aliphatic heterocycles. The Hall–Kier alpha value is -3.30. The van der Waals surface area contributed by atoms with Crippen LogP contribution < -0.4 is 0 Å². The molecule has 0 atom stereocenters. The van der Waals surface area contributed by atoms with Crippen LogP contribution in [0.3, 0.4) is 0 Å². The highest BCUT2D eigenvalue weighted by molar-refractivity contribution is 7.88. The molecule has 1 aliphatic rings. The molecule has 0 amide bonds. The maximum Gasteiger partial charge on any atom is 0.478 e. The van der Waals surface area contributed by atoms with E-state index in [0.29, 0.717) is 13.0 Å². The summed E-state index contributed by atoms with van der Waals surface area (Å²) in [7, 11) is -6.22. The highest BCUT2D eigenvalue weighted by Gasteiger charge is 2.57. The predicted octanol–water partition coefficient (Wildman–Crippen LogP) is 11.4. The average molecular weight is 856 g/mol. The van der Waals surface area contributed by atoms with Gasteiger partial charge in [-0.3, -0.25) is 13.9 Å². The quantitative estimate of drug-likeness (QED) is 0.0249. The number of benzene rings is 1. The molecular formula is C42H66F5NO9S. The SMILES string of the molecule is CCC(C)(C)C(=O)OCCCCCCCCCCCCOC(=O)C(F)(F)S(=O)(=O)O/N=C(\c1ccccc1)C(F)(F)F.CCC1(OC(=O)C(C)(C)CC)CCCCC1. The lowest BCUT2D eigenvalue weighted by atomic mass is 9.82. The summed E-state index contributed by atoms with van der Waals surface area (Å²) in [6.45, 7) is 13.7. The molecule has 1 fully saturated rings. The molecule has 10 nitrogen and oxygen atoms in total. The summed E-state index contributed by atoms with van der Waals surface area (Å²) in [5, 5.41) is -2.90. The fourth-order valence-electron chi connectivity index (χ4n) is 5.67. The van der Waals surface area contributed by atoms with Gasteiger partial charge in [-0.2, -0.15) is 30.4 Å². The summed E-state index contributed by atoms with van der Waals surface area (Å²) in [6, 6.07) is 5.61. The van der Waals surface area contributed by atoms with Crippen LogP contribution in [-0.4, -0.2) is 62.3 Å². The second-order valence-corrected chi connectivity index (χ2v) is 17.7. The van der Waals surface area contributed by atoms with Crippen LogP contribution in [0.25, 0.3) is 0 Å². The van der Waals surface area contributed by atoms with Gasteiger partial charge in [-0.1, -0.05) is 114 Å². The Bertz CT molecular complexity index is 1520. The second kappa shape index (κ2) is 24.7. The highest BCUT2D eigenvalue weighted by atomic mass is 32.2. The zero-order chi connectivity index (χ0) is 44.1. The van der Waals surface area contributed by atoms with Crippen LogP contribution in [0.4, 0.5) is 22.0 Å². The normalized spacial score (nSPS) is 15.1. The van der Waals surface area contributed by atoms with E-state index in [1.54, 1.807) is 0 Å². The zero-order valence-electron chi connectivity index (χ0n) is 35.4. The van der Waals surface area contributed by atoms with Crippen LogP contribution in [0.1, 0.15) is 170 Å². The average Bonchev–Trinajstić information content (AvgIpc) is 3.18. The number of halogens is 5. The van der Waals surface area contributed by atoms with Gasteiger partial charge in [0.2, 0.25) is 0 Å². The number of oxime groups is 1. The molecule has 334 valence electrons. The van der Waals surface area contributed by atoms with Crippen LogP contribution in [0, 0.1) is 10.8 Å². The van der Waals surface area contributed by atoms with Crippen LogP contribution >= 0.6 is 0 Å². The van der Waals surface area contributed by atoms with E-state index in [4.69, 9.17) is 9.47 Å². The summed E-state index contributed by atoms with van der Waals surface area (Å²) < 4.78 is 111. The maximum absolute atomic E-state index is 14.1. The van der Waals surface area contributed by atoms with Crippen molar-refractivity contribution >= 4 is 33.7 Å². The lowest BCUT2D eigenvalue weighted by Gasteiger charge is -2.38. The van der Waals surface area contributed by atoms with Crippen molar-refractivity contribution in [3.05, 3.63) is 35.9 Å². The summed E-state index contributed by atoms with van der Waals surface area (Å²) >= 11 is 0. The van der Waals surface area contributed by atoms with Crippen molar-refractivity contribution in [2.75, 3.05) is 13.2 Å². The van der Waals surface area contributed by atoms with Crippen molar-refractivity contribution in [2.24, 2.45) is 16.0 Å². The summed E-state index contributed by atoms with van der Waals surface area (Å²) in [4.78, 5) is 35.7. The van der Waals surface area contributed by atoms with Gasteiger partial charge in [0.25, 0.3) is 0 Å². The Balaban J connectivity index is 0.000000872. The number of unbranched alkanes of at least 4 members (excludes halogenated alkanes) is 9. The monoisotopic (exact) mass is 855 g/mol. The first kappa shape index (κ1) is 52.7. The van der Waals surface area contributed by atoms with Gasteiger partial charge in [0.05, 0.1) is 24.0 Å². The lowest BCUT2D eigenvalue weighted by molar-refractivity contribution is -0.175. The zero-order valence-corrected chi connectivity index (χ0v) is 36.3.